The zero-order valence-corrected chi connectivity index (χ0v) is 12.8. The van der Waals surface area contributed by atoms with E-state index < -0.39 is 10.2 Å². The molecule has 3 fully saturated rings. The third-order valence-electron chi connectivity index (χ3n) is 4.81. The second-order valence-electron chi connectivity index (χ2n) is 6.24. The van der Waals surface area contributed by atoms with Gasteiger partial charge in [0.15, 0.2) is 0 Å². The molecule has 0 saturated carbocycles. The predicted octanol–water partition coefficient (Wildman–Crippen LogP) is 0.0290. The fraction of sp³-hybridized carbons (Fsp3) is 1.00. The Balaban J connectivity index is 1.72. The molecule has 3 aliphatic rings. The third-order valence-corrected chi connectivity index (χ3v) is 6.79. The average molecular weight is 303 g/mol. The minimum absolute atomic E-state index is 0.163. The Morgan fingerprint density at radius 2 is 1.75 bits per heavy atom. The smallest absolute Gasteiger partial charge is 0.282 e. The highest BCUT2D eigenvalue weighted by Gasteiger charge is 2.42. The molecule has 1 spiro atoms. The highest BCUT2D eigenvalue weighted by molar-refractivity contribution is 7.86. The number of piperidine rings is 2. The van der Waals surface area contributed by atoms with Crippen molar-refractivity contribution >= 4 is 10.2 Å². The fourth-order valence-corrected chi connectivity index (χ4v) is 5.41. The number of nitrogens with zero attached hydrogens (tertiary/aromatic N) is 2. The first-order chi connectivity index (χ1) is 9.62. The van der Waals surface area contributed by atoms with Crippen molar-refractivity contribution in [3.63, 3.8) is 0 Å². The quantitative estimate of drug-likeness (QED) is 0.782. The molecule has 3 aliphatic heterocycles. The molecule has 0 amide bonds. The minimum Gasteiger partial charge on any atom is -0.379 e. The molecule has 0 aromatic rings. The van der Waals surface area contributed by atoms with Crippen LogP contribution in [0, 0.1) is 5.41 Å². The van der Waals surface area contributed by atoms with Crippen LogP contribution in [0.2, 0.25) is 0 Å². The number of hydrogen-bond acceptors (Lipinski definition) is 4. The Labute approximate surface area is 121 Å². The van der Waals surface area contributed by atoms with Crippen molar-refractivity contribution < 1.29 is 13.2 Å². The molecular formula is C13H25N3O3S. The lowest BCUT2D eigenvalue weighted by atomic mass is 9.75. The Hall–Kier alpha value is -0.210. The van der Waals surface area contributed by atoms with Crippen molar-refractivity contribution in [2.45, 2.75) is 25.7 Å². The zero-order chi connectivity index (χ0) is 14.1. The van der Waals surface area contributed by atoms with Gasteiger partial charge in [-0.15, -0.1) is 0 Å². The van der Waals surface area contributed by atoms with E-state index in [4.69, 9.17) is 4.74 Å². The summed E-state index contributed by atoms with van der Waals surface area (Å²) in [6, 6.07) is 0. The molecule has 7 heteroatoms. The van der Waals surface area contributed by atoms with Gasteiger partial charge >= 0.3 is 0 Å². The van der Waals surface area contributed by atoms with E-state index in [1.807, 2.05) is 0 Å². The summed E-state index contributed by atoms with van der Waals surface area (Å²) < 4.78 is 34.0. The van der Waals surface area contributed by atoms with Crippen LogP contribution in [0.1, 0.15) is 25.7 Å². The summed E-state index contributed by atoms with van der Waals surface area (Å²) in [5.74, 6) is 0. The van der Waals surface area contributed by atoms with E-state index >= 15 is 0 Å². The Morgan fingerprint density at radius 3 is 2.45 bits per heavy atom. The normalized spacial score (nSPS) is 34.4. The maximum absolute atomic E-state index is 12.7. The molecule has 0 aromatic heterocycles. The van der Waals surface area contributed by atoms with Gasteiger partial charge in [0, 0.05) is 32.7 Å². The first kappa shape index (κ1) is 14.7. The van der Waals surface area contributed by atoms with Gasteiger partial charge in [0.2, 0.25) is 0 Å². The molecule has 3 saturated heterocycles. The van der Waals surface area contributed by atoms with Crippen LogP contribution in [0.5, 0.6) is 0 Å². The van der Waals surface area contributed by atoms with Crippen LogP contribution < -0.4 is 5.32 Å². The zero-order valence-electron chi connectivity index (χ0n) is 12.0. The van der Waals surface area contributed by atoms with Crippen molar-refractivity contribution in [3.8, 4) is 0 Å². The standard InChI is InChI=1S/C13H25N3O3S/c17-20(18,15-7-9-19-10-8-15)16-6-2-4-13(12-16)3-1-5-14-11-13/h14H,1-12H2. The summed E-state index contributed by atoms with van der Waals surface area (Å²) in [5, 5.41) is 3.44. The molecule has 20 heavy (non-hydrogen) atoms. The molecule has 6 nitrogen and oxygen atoms in total. The Bertz CT molecular complexity index is 423. The van der Waals surface area contributed by atoms with E-state index in [9.17, 15) is 8.42 Å². The van der Waals surface area contributed by atoms with Crippen molar-refractivity contribution in [3.05, 3.63) is 0 Å². The van der Waals surface area contributed by atoms with Gasteiger partial charge < -0.3 is 10.1 Å². The highest BCUT2D eigenvalue weighted by atomic mass is 32.2. The maximum atomic E-state index is 12.7. The summed E-state index contributed by atoms with van der Waals surface area (Å²) in [5.41, 5.74) is 0.163. The highest BCUT2D eigenvalue weighted by Crippen LogP contribution is 2.37. The monoisotopic (exact) mass is 303 g/mol. The maximum Gasteiger partial charge on any atom is 0.282 e. The molecule has 0 radical (unpaired) electrons. The van der Waals surface area contributed by atoms with Crippen LogP contribution in [-0.2, 0) is 14.9 Å². The third kappa shape index (κ3) is 2.87. The van der Waals surface area contributed by atoms with Gasteiger partial charge in [0.1, 0.15) is 0 Å². The van der Waals surface area contributed by atoms with Crippen LogP contribution in [0.3, 0.4) is 0 Å². The number of rotatable bonds is 2. The lowest BCUT2D eigenvalue weighted by Gasteiger charge is -2.46. The van der Waals surface area contributed by atoms with Crippen LogP contribution in [0.4, 0.5) is 0 Å². The van der Waals surface area contributed by atoms with Crippen molar-refractivity contribution in [2.75, 3.05) is 52.5 Å². The molecule has 3 heterocycles. The Kier molecular flexibility index (Phi) is 4.33. The van der Waals surface area contributed by atoms with Gasteiger partial charge in [-0.05, 0) is 37.6 Å². The van der Waals surface area contributed by atoms with Crippen LogP contribution in [0.15, 0.2) is 0 Å². The summed E-state index contributed by atoms with van der Waals surface area (Å²) in [6.07, 6.45) is 4.43. The molecule has 0 aromatic carbocycles. The number of ether oxygens (including phenoxy) is 1. The van der Waals surface area contributed by atoms with E-state index in [0.29, 0.717) is 39.4 Å². The lowest BCUT2D eigenvalue weighted by Crippen LogP contribution is -2.56. The molecule has 3 rings (SSSR count). The van der Waals surface area contributed by atoms with Gasteiger partial charge in [0.05, 0.1) is 13.2 Å². The van der Waals surface area contributed by atoms with Gasteiger partial charge in [-0.1, -0.05) is 0 Å². The van der Waals surface area contributed by atoms with Crippen molar-refractivity contribution in [2.24, 2.45) is 5.41 Å². The lowest BCUT2D eigenvalue weighted by molar-refractivity contribution is 0.0637. The van der Waals surface area contributed by atoms with E-state index in [1.54, 1.807) is 8.61 Å². The Morgan fingerprint density at radius 1 is 1.00 bits per heavy atom. The second-order valence-corrected chi connectivity index (χ2v) is 8.17. The number of hydrogen-bond donors (Lipinski definition) is 1. The topological polar surface area (TPSA) is 61.9 Å². The van der Waals surface area contributed by atoms with E-state index in [-0.39, 0.29) is 5.41 Å². The van der Waals surface area contributed by atoms with Crippen LogP contribution in [-0.4, -0.2) is 69.5 Å². The van der Waals surface area contributed by atoms with Crippen LogP contribution >= 0.6 is 0 Å². The minimum atomic E-state index is -3.30. The molecule has 1 N–H and O–H groups in total. The SMILES string of the molecule is O=S(=O)(N1CCOCC1)N1CCCC2(CCCNC2)C1. The molecule has 1 atom stereocenters. The summed E-state index contributed by atoms with van der Waals surface area (Å²) in [6.45, 7) is 5.38. The molecule has 0 bridgehead atoms. The van der Waals surface area contributed by atoms with Gasteiger partial charge in [-0.2, -0.15) is 17.0 Å². The summed E-state index contributed by atoms with van der Waals surface area (Å²) in [7, 11) is -3.30. The summed E-state index contributed by atoms with van der Waals surface area (Å²) >= 11 is 0. The second kappa shape index (κ2) is 5.88. The first-order valence-corrected chi connectivity index (χ1v) is 9.06. The van der Waals surface area contributed by atoms with Crippen LogP contribution in [0.25, 0.3) is 0 Å². The first-order valence-electron chi connectivity index (χ1n) is 7.66. The van der Waals surface area contributed by atoms with E-state index in [2.05, 4.69) is 5.32 Å². The van der Waals surface area contributed by atoms with Gasteiger partial charge in [0.25, 0.3) is 10.2 Å². The number of nitrogens with one attached hydrogen (secondary N) is 1. The molecule has 0 aliphatic carbocycles. The molecule has 116 valence electrons. The predicted molar refractivity (Wildman–Crippen MR) is 76.7 cm³/mol. The van der Waals surface area contributed by atoms with E-state index in [0.717, 1.165) is 38.8 Å². The van der Waals surface area contributed by atoms with Crippen molar-refractivity contribution in [1.29, 1.82) is 0 Å². The number of morpholine rings is 1. The average Bonchev–Trinajstić information content (AvgIpc) is 2.49. The molecular weight excluding hydrogens is 278 g/mol. The van der Waals surface area contributed by atoms with E-state index in [1.165, 1.54) is 0 Å². The van der Waals surface area contributed by atoms with Gasteiger partial charge in [-0.25, -0.2) is 0 Å². The molecule has 1 unspecified atom stereocenters. The van der Waals surface area contributed by atoms with Crippen molar-refractivity contribution in [1.82, 2.24) is 13.9 Å². The summed E-state index contributed by atoms with van der Waals surface area (Å²) in [4.78, 5) is 0. The largest absolute Gasteiger partial charge is 0.379 e. The van der Waals surface area contributed by atoms with Gasteiger partial charge in [-0.3, -0.25) is 0 Å². The fourth-order valence-electron chi connectivity index (χ4n) is 3.68.